The highest BCUT2D eigenvalue weighted by Gasteiger charge is 2.02. The van der Waals surface area contributed by atoms with Crippen LogP contribution in [0.15, 0.2) is 52.3 Å². The highest BCUT2D eigenvalue weighted by atomic mass is 35.5. The molecule has 0 spiro atoms. The summed E-state index contributed by atoms with van der Waals surface area (Å²) >= 11 is 7.17. The molecule has 0 nitrogen and oxygen atoms in total. The summed E-state index contributed by atoms with van der Waals surface area (Å²) < 4.78 is 13.3. The van der Waals surface area contributed by atoms with Gasteiger partial charge in [-0.25, -0.2) is 4.39 Å². The molecule has 0 atom stereocenters. The van der Waals surface area contributed by atoms with Crippen LogP contribution < -0.4 is 0 Å². The Labute approximate surface area is 110 Å². The highest BCUT2D eigenvalue weighted by molar-refractivity contribution is 7.99. The Morgan fingerprint density at radius 2 is 1.71 bits per heavy atom. The zero-order valence-corrected chi connectivity index (χ0v) is 11.0. The molecule has 0 aliphatic carbocycles. The lowest BCUT2D eigenvalue weighted by Crippen LogP contribution is -1.81. The van der Waals surface area contributed by atoms with Crippen molar-refractivity contribution in [1.29, 1.82) is 0 Å². The van der Waals surface area contributed by atoms with E-state index in [9.17, 15) is 4.39 Å². The van der Waals surface area contributed by atoms with Gasteiger partial charge >= 0.3 is 0 Å². The van der Waals surface area contributed by atoms with Gasteiger partial charge in [0.05, 0.1) is 5.02 Å². The van der Waals surface area contributed by atoms with Crippen molar-refractivity contribution in [2.45, 2.75) is 23.1 Å². The largest absolute Gasteiger partial charge is 0.205 e. The third kappa shape index (κ3) is 3.24. The molecule has 2 rings (SSSR count). The van der Waals surface area contributed by atoms with Crippen LogP contribution in [-0.2, 0) is 6.42 Å². The van der Waals surface area contributed by atoms with E-state index >= 15 is 0 Å². The summed E-state index contributed by atoms with van der Waals surface area (Å²) in [5.41, 5.74) is 1.30. The summed E-state index contributed by atoms with van der Waals surface area (Å²) in [5.74, 6) is -0.373. The highest BCUT2D eigenvalue weighted by Crippen LogP contribution is 2.30. The van der Waals surface area contributed by atoms with Crippen molar-refractivity contribution in [1.82, 2.24) is 0 Å². The number of hydrogen-bond donors (Lipinski definition) is 0. The molecule has 0 saturated carbocycles. The van der Waals surface area contributed by atoms with Crippen LogP contribution in [0.4, 0.5) is 4.39 Å². The van der Waals surface area contributed by atoms with Crippen LogP contribution in [0.5, 0.6) is 0 Å². The molecule has 0 unspecified atom stereocenters. The maximum Gasteiger partial charge on any atom is 0.142 e. The molecule has 0 N–H and O–H groups in total. The SMILES string of the molecule is CCc1ccc(Sc2ccc(Cl)c(F)c2)cc1. The molecule has 3 heteroatoms. The predicted octanol–water partition coefficient (Wildman–Crippen LogP) is 5.19. The van der Waals surface area contributed by atoms with E-state index in [-0.39, 0.29) is 10.8 Å². The first-order chi connectivity index (χ1) is 8.19. The lowest BCUT2D eigenvalue weighted by molar-refractivity contribution is 0.624. The average Bonchev–Trinajstić information content (AvgIpc) is 2.35. The smallest absolute Gasteiger partial charge is 0.142 e. The average molecular weight is 267 g/mol. The van der Waals surface area contributed by atoms with E-state index < -0.39 is 0 Å². The molecule has 0 fully saturated rings. The molecule has 0 aliphatic rings. The second kappa shape index (κ2) is 5.56. The minimum absolute atomic E-state index is 0.163. The number of hydrogen-bond acceptors (Lipinski definition) is 1. The van der Waals surface area contributed by atoms with Crippen LogP contribution in [-0.4, -0.2) is 0 Å². The van der Waals surface area contributed by atoms with Crippen LogP contribution >= 0.6 is 23.4 Å². The minimum Gasteiger partial charge on any atom is -0.205 e. The maximum atomic E-state index is 13.3. The third-order valence-corrected chi connectivity index (χ3v) is 3.76. The van der Waals surface area contributed by atoms with Crippen molar-refractivity contribution < 1.29 is 4.39 Å². The molecule has 0 amide bonds. The van der Waals surface area contributed by atoms with Crippen molar-refractivity contribution in [2.24, 2.45) is 0 Å². The third-order valence-electron chi connectivity index (χ3n) is 2.46. The van der Waals surface area contributed by atoms with Crippen LogP contribution in [0.3, 0.4) is 0 Å². The summed E-state index contributed by atoms with van der Waals surface area (Å²) in [6, 6.07) is 13.2. The predicted molar refractivity (Wildman–Crippen MR) is 71.4 cm³/mol. The van der Waals surface area contributed by atoms with Gasteiger partial charge in [0.2, 0.25) is 0 Å². The summed E-state index contributed by atoms with van der Waals surface area (Å²) in [6.07, 6.45) is 1.03. The fourth-order valence-electron chi connectivity index (χ4n) is 1.47. The van der Waals surface area contributed by atoms with Gasteiger partial charge in [0.25, 0.3) is 0 Å². The Morgan fingerprint density at radius 3 is 2.29 bits per heavy atom. The Hall–Kier alpha value is -0.990. The van der Waals surface area contributed by atoms with E-state index in [4.69, 9.17) is 11.6 Å². The Kier molecular flexibility index (Phi) is 4.08. The zero-order valence-electron chi connectivity index (χ0n) is 9.41. The molecule has 0 heterocycles. The summed E-state index contributed by atoms with van der Waals surface area (Å²) in [5, 5.41) is 0.163. The number of rotatable bonds is 3. The molecule has 0 bridgehead atoms. The Bertz CT molecular complexity index is 508. The lowest BCUT2D eigenvalue weighted by Gasteiger charge is -2.03. The fourth-order valence-corrected chi connectivity index (χ4v) is 2.43. The van der Waals surface area contributed by atoms with Crippen molar-refractivity contribution in [3.05, 3.63) is 58.9 Å². The molecular weight excluding hydrogens is 255 g/mol. The van der Waals surface area contributed by atoms with E-state index in [0.717, 1.165) is 16.2 Å². The van der Waals surface area contributed by atoms with Crippen LogP contribution in [0, 0.1) is 5.82 Å². The van der Waals surface area contributed by atoms with Gasteiger partial charge in [-0.05, 0) is 42.3 Å². The van der Waals surface area contributed by atoms with Gasteiger partial charge in [-0.1, -0.05) is 42.4 Å². The number of halogens is 2. The molecule has 2 aromatic rings. The van der Waals surface area contributed by atoms with Gasteiger partial charge in [-0.2, -0.15) is 0 Å². The van der Waals surface area contributed by atoms with E-state index in [1.54, 1.807) is 6.07 Å². The van der Waals surface area contributed by atoms with Gasteiger partial charge in [0, 0.05) is 9.79 Å². The monoisotopic (exact) mass is 266 g/mol. The topological polar surface area (TPSA) is 0 Å². The second-order valence-corrected chi connectivity index (χ2v) is 5.23. The molecule has 0 aliphatic heterocycles. The first-order valence-corrected chi connectivity index (χ1v) is 6.60. The standard InChI is InChI=1S/C14H12ClFS/c1-2-10-3-5-11(6-4-10)17-12-7-8-13(15)14(16)9-12/h3-9H,2H2,1H3. The molecule has 17 heavy (non-hydrogen) atoms. The summed E-state index contributed by atoms with van der Waals surface area (Å²) in [7, 11) is 0. The molecule has 2 aromatic carbocycles. The number of aryl methyl sites for hydroxylation is 1. The molecule has 0 saturated heterocycles. The van der Waals surface area contributed by atoms with Crippen LogP contribution in [0.25, 0.3) is 0 Å². The molecule has 88 valence electrons. The number of benzene rings is 2. The van der Waals surface area contributed by atoms with Crippen molar-refractivity contribution >= 4 is 23.4 Å². The van der Waals surface area contributed by atoms with Gasteiger partial charge in [-0.15, -0.1) is 0 Å². The van der Waals surface area contributed by atoms with Crippen molar-refractivity contribution in [3.8, 4) is 0 Å². The van der Waals surface area contributed by atoms with E-state index in [0.29, 0.717) is 0 Å². The van der Waals surface area contributed by atoms with Gasteiger partial charge < -0.3 is 0 Å². The Morgan fingerprint density at radius 1 is 1.06 bits per heavy atom. The van der Waals surface area contributed by atoms with E-state index in [1.807, 2.05) is 6.07 Å². The first kappa shape index (κ1) is 12.5. The van der Waals surface area contributed by atoms with Gasteiger partial charge in [-0.3, -0.25) is 0 Å². The van der Waals surface area contributed by atoms with Crippen molar-refractivity contribution in [3.63, 3.8) is 0 Å². The Balaban J connectivity index is 2.16. The fraction of sp³-hybridized carbons (Fsp3) is 0.143. The minimum atomic E-state index is -0.373. The van der Waals surface area contributed by atoms with E-state index in [2.05, 4.69) is 31.2 Å². The molecule has 0 aromatic heterocycles. The zero-order chi connectivity index (χ0) is 12.3. The van der Waals surface area contributed by atoms with Gasteiger partial charge in [0.15, 0.2) is 0 Å². The van der Waals surface area contributed by atoms with Crippen LogP contribution in [0.1, 0.15) is 12.5 Å². The van der Waals surface area contributed by atoms with Gasteiger partial charge in [0.1, 0.15) is 5.82 Å². The van der Waals surface area contributed by atoms with E-state index in [1.165, 1.54) is 23.4 Å². The molecular formula is C14H12ClFS. The maximum absolute atomic E-state index is 13.3. The quantitative estimate of drug-likeness (QED) is 0.736. The normalized spacial score (nSPS) is 10.5. The van der Waals surface area contributed by atoms with Crippen LogP contribution in [0.2, 0.25) is 5.02 Å². The lowest BCUT2D eigenvalue weighted by atomic mass is 10.2. The van der Waals surface area contributed by atoms with Crippen molar-refractivity contribution in [2.75, 3.05) is 0 Å². The summed E-state index contributed by atoms with van der Waals surface area (Å²) in [4.78, 5) is 1.96. The first-order valence-electron chi connectivity index (χ1n) is 5.41. The molecule has 0 radical (unpaired) electrons. The second-order valence-electron chi connectivity index (χ2n) is 3.68. The summed E-state index contributed by atoms with van der Waals surface area (Å²) in [6.45, 7) is 2.12.